The topological polar surface area (TPSA) is 193 Å². The average molecular weight is 466 g/mol. The van der Waals surface area contributed by atoms with Crippen molar-refractivity contribution in [2.45, 2.75) is 64.5 Å². The number of carboxylic acids is 1. The summed E-state index contributed by atoms with van der Waals surface area (Å²) in [5.41, 5.74) is 4.96. The summed E-state index contributed by atoms with van der Waals surface area (Å²) in [6.45, 7) is 3.19. The van der Waals surface area contributed by atoms with Gasteiger partial charge < -0.3 is 21.5 Å². The van der Waals surface area contributed by atoms with E-state index in [1.807, 2.05) is 0 Å². The maximum Gasteiger partial charge on any atom is 0.326 e. The Hall–Kier alpha value is -3.57. The predicted molar refractivity (Wildman–Crippen MR) is 114 cm³/mol. The Balaban J connectivity index is 2.32. The first-order chi connectivity index (χ1) is 15.4. The van der Waals surface area contributed by atoms with Crippen molar-refractivity contribution in [3.05, 3.63) is 12.2 Å². The largest absolute Gasteiger partial charge is 0.480 e. The summed E-state index contributed by atoms with van der Waals surface area (Å²) in [5.74, 6) is -5.37. The smallest absolute Gasteiger partial charge is 0.326 e. The van der Waals surface area contributed by atoms with Crippen molar-refractivity contribution in [1.82, 2.24) is 15.5 Å². The molecule has 0 saturated carbocycles. The van der Waals surface area contributed by atoms with E-state index in [2.05, 4.69) is 10.6 Å². The van der Waals surface area contributed by atoms with Crippen molar-refractivity contribution < 1.29 is 38.7 Å². The standard InChI is InChI=1S/C21H30N4O8/c1-12(20(31)24-14(21(32)33)11-16(22)27)10-15(26)13(2)23-17(28)6-4-3-5-9-25-18(29)7-8-19(25)30/h7-8,12-14H,3-6,9-11H2,1-2H3,(H2,22,27)(H,23,28)(H,24,31)(H,32,33)/t12-,13+,14+/m1/s1. The first-order valence-corrected chi connectivity index (χ1v) is 10.6. The molecular formula is C21H30N4O8. The molecule has 0 bridgehead atoms. The predicted octanol–water partition coefficient (Wildman–Crippen LogP) is -0.983. The van der Waals surface area contributed by atoms with Gasteiger partial charge in [-0.05, 0) is 19.8 Å². The van der Waals surface area contributed by atoms with E-state index in [1.165, 1.54) is 26.0 Å². The zero-order valence-corrected chi connectivity index (χ0v) is 18.7. The summed E-state index contributed by atoms with van der Waals surface area (Å²) in [4.78, 5) is 82.5. The van der Waals surface area contributed by atoms with Gasteiger partial charge in [0.05, 0.1) is 12.5 Å². The number of carboxylic acid groups (broad SMARTS) is 1. The maximum absolute atomic E-state index is 12.3. The van der Waals surface area contributed by atoms with Gasteiger partial charge in [0.2, 0.25) is 17.7 Å². The Morgan fingerprint density at radius 2 is 1.58 bits per heavy atom. The lowest BCUT2D eigenvalue weighted by Crippen LogP contribution is -2.46. The van der Waals surface area contributed by atoms with Crippen LogP contribution < -0.4 is 16.4 Å². The fourth-order valence-corrected chi connectivity index (χ4v) is 3.06. The van der Waals surface area contributed by atoms with Crippen LogP contribution in [0.2, 0.25) is 0 Å². The Kier molecular flexibility index (Phi) is 10.9. The van der Waals surface area contributed by atoms with Crippen molar-refractivity contribution in [3.63, 3.8) is 0 Å². The SMILES string of the molecule is C[C@H](CC(=O)[C@H](C)NC(=O)CCCCCN1C(=O)C=CC1=O)C(=O)N[C@@H](CC(N)=O)C(=O)O. The first kappa shape index (κ1) is 27.5. The van der Waals surface area contributed by atoms with E-state index in [0.717, 1.165) is 4.90 Å². The van der Waals surface area contributed by atoms with E-state index in [0.29, 0.717) is 19.3 Å². The summed E-state index contributed by atoms with van der Waals surface area (Å²) in [6, 6.07) is -2.33. The molecule has 1 aliphatic rings. The monoisotopic (exact) mass is 466 g/mol. The van der Waals surface area contributed by atoms with Gasteiger partial charge in [-0.2, -0.15) is 0 Å². The van der Waals surface area contributed by atoms with Gasteiger partial charge in [0, 0.05) is 37.5 Å². The Morgan fingerprint density at radius 1 is 0.970 bits per heavy atom. The lowest BCUT2D eigenvalue weighted by molar-refractivity contribution is -0.144. The number of carbonyl (C=O) groups is 7. The third-order valence-electron chi connectivity index (χ3n) is 5.02. The summed E-state index contributed by atoms with van der Waals surface area (Å²) in [7, 11) is 0. The highest BCUT2D eigenvalue weighted by molar-refractivity contribution is 6.12. The van der Waals surface area contributed by atoms with Crippen LogP contribution in [0.4, 0.5) is 0 Å². The summed E-state index contributed by atoms with van der Waals surface area (Å²) < 4.78 is 0. The quantitative estimate of drug-likeness (QED) is 0.175. The molecule has 1 rings (SSSR count). The molecule has 0 fully saturated rings. The Bertz CT molecular complexity index is 820. The Morgan fingerprint density at radius 3 is 2.12 bits per heavy atom. The van der Waals surface area contributed by atoms with Gasteiger partial charge >= 0.3 is 5.97 Å². The maximum atomic E-state index is 12.3. The molecule has 5 N–H and O–H groups in total. The highest BCUT2D eigenvalue weighted by atomic mass is 16.4. The van der Waals surface area contributed by atoms with Crippen LogP contribution in [-0.4, -0.2) is 69.9 Å². The highest BCUT2D eigenvalue weighted by Crippen LogP contribution is 2.09. The molecule has 0 saturated heterocycles. The zero-order chi connectivity index (χ0) is 25.1. The fourth-order valence-electron chi connectivity index (χ4n) is 3.06. The first-order valence-electron chi connectivity index (χ1n) is 10.6. The molecule has 0 radical (unpaired) electrons. The molecular weight excluding hydrogens is 436 g/mol. The van der Waals surface area contributed by atoms with E-state index in [4.69, 9.17) is 10.8 Å². The minimum atomic E-state index is -1.48. The van der Waals surface area contributed by atoms with Crippen LogP contribution >= 0.6 is 0 Å². The molecule has 182 valence electrons. The third kappa shape index (κ3) is 9.62. The second-order valence-electron chi connectivity index (χ2n) is 7.90. The number of nitrogens with zero attached hydrogens (tertiary/aromatic N) is 1. The lowest BCUT2D eigenvalue weighted by atomic mass is 9.99. The van der Waals surface area contributed by atoms with E-state index < -0.39 is 48.0 Å². The number of primary amides is 1. The molecule has 0 aromatic heterocycles. The number of amides is 5. The van der Waals surface area contributed by atoms with Crippen LogP contribution in [0.1, 0.15) is 52.4 Å². The lowest BCUT2D eigenvalue weighted by Gasteiger charge is -2.18. The van der Waals surface area contributed by atoms with Gasteiger partial charge in [0.25, 0.3) is 11.8 Å². The minimum Gasteiger partial charge on any atom is -0.480 e. The molecule has 0 aromatic carbocycles. The van der Waals surface area contributed by atoms with Gasteiger partial charge in [0.15, 0.2) is 5.78 Å². The molecule has 12 nitrogen and oxygen atoms in total. The molecule has 0 aromatic rings. The minimum absolute atomic E-state index is 0.154. The number of nitrogens with two attached hydrogens (primary N) is 1. The van der Waals surface area contributed by atoms with Gasteiger partial charge in [-0.15, -0.1) is 0 Å². The molecule has 3 atom stereocenters. The van der Waals surface area contributed by atoms with Crippen molar-refractivity contribution in [2.24, 2.45) is 11.7 Å². The van der Waals surface area contributed by atoms with Gasteiger partial charge in [-0.25, -0.2) is 4.79 Å². The van der Waals surface area contributed by atoms with Crippen LogP contribution in [-0.2, 0) is 33.6 Å². The van der Waals surface area contributed by atoms with E-state index in [9.17, 15) is 33.6 Å². The number of nitrogens with one attached hydrogen (secondary N) is 2. The number of unbranched alkanes of at least 4 members (excludes halogenated alkanes) is 2. The Labute approximate surface area is 190 Å². The van der Waals surface area contributed by atoms with Gasteiger partial charge in [-0.3, -0.25) is 33.7 Å². The number of aliphatic carboxylic acids is 1. The number of rotatable bonds is 15. The number of Topliss-reactive ketones (excluding diaryl/α,β-unsaturated/α-hetero) is 1. The van der Waals surface area contributed by atoms with Crippen molar-refractivity contribution in [2.75, 3.05) is 6.54 Å². The molecule has 5 amide bonds. The third-order valence-corrected chi connectivity index (χ3v) is 5.02. The number of ketones is 1. The normalized spacial score (nSPS) is 15.6. The van der Waals surface area contributed by atoms with Crippen molar-refractivity contribution in [3.8, 4) is 0 Å². The second kappa shape index (κ2) is 13.1. The fraction of sp³-hybridized carbons (Fsp3) is 0.571. The van der Waals surface area contributed by atoms with Gasteiger partial charge in [-0.1, -0.05) is 13.3 Å². The molecule has 1 aliphatic heterocycles. The van der Waals surface area contributed by atoms with Crippen LogP contribution in [0.15, 0.2) is 12.2 Å². The van der Waals surface area contributed by atoms with Crippen LogP contribution in [0.25, 0.3) is 0 Å². The molecule has 1 heterocycles. The number of carbonyl (C=O) groups excluding carboxylic acids is 6. The van der Waals surface area contributed by atoms with Crippen molar-refractivity contribution >= 4 is 41.3 Å². The molecule has 0 spiro atoms. The van der Waals surface area contributed by atoms with E-state index in [1.54, 1.807) is 0 Å². The van der Waals surface area contributed by atoms with Crippen LogP contribution in [0.3, 0.4) is 0 Å². The summed E-state index contributed by atoms with van der Waals surface area (Å²) in [6.07, 6.45) is 3.44. The molecule has 33 heavy (non-hydrogen) atoms. The highest BCUT2D eigenvalue weighted by Gasteiger charge is 2.27. The van der Waals surface area contributed by atoms with Crippen LogP contribution in [0, 0.1) is 5.92 Å². The number of imide groups is 1. The second-order valence-corrected chi connectivity index (χ2v) is 7.90. The average Bonchev–Trinajstić information content (AvgIpc) is 3.04. The summed E-state index contributed by atoms with van der Waals surface area (Å²) in [5, 5.41) is 13.8. The molecule has 0 aliphatic carbocycles. The van der Waals surface area contributed by atoms with Crippen LogP contribution in [0.5, 0.6) is 0 Å². The van der Waals surface area contributed by atoms with E-state index in [-0.39, 0.29) is 37.1 Å². The molecule has 0 unspecified atom stereocenters. The number of hydrogen-bond donors (Lipinski definition) is 4. The van der Waals surface area contributed by atoms with Gasteiger partial charge in [0.1, 0.15) is 6.04 Å². The summed E-state index contributed by atoms with van der Waals surface area (Å²) >= 11 is 0. The molecule has 12 heteroatoms. The zero-order valence-electron chi connectivity index (χ0n) is 18.7. The van der Waals surface area contributed by atoms with Crippen molar-refractivity contribution in [1.29, 1.82) is 0 Å². The number of hydrogen-bond acceptors (Lipinski definition) is 7. The van der Waals surface area contributed by atoms with E-state index >= 15 is 0 Å².